The zero-order chi connectivity index (χ0) is 32.1. The van der Waals surface area contributed by atoms with Crippen LogP contribution in [-0.4, -0.2) is 24.7 Å². The molecular formula is C43H39BO3. The fraction of sp³-hybridized carbons (Fsp3) is 0.256. The molecule has 2 heterocycles. The maximum absolute atomic E-state index is 6.90. The second kappa shape index (κ2) is 10.3. The third-order valence-electron chi connectivity index (χ3n) is 11.3. The molecule has 7 aromatic rings. The molecule has 0 radical (unpaired) electrons. The Morgan fingerprint density at radius 3 is 1.96 bits per heavy atom. The second-order valence-corrected chi connectivity index (χ2v) is 14.4. The van der Waals surface area contributed by atoms with Crippen LogP contribution in [0.4, 0.5) is 0 Å². The van der Waals surface area contributed by atoms with E-state index < -0.39 is 5.60 Å². The average molecular weight is 615 g/mol. The van der Waals surface area contributed by atoms with Crippen LogP contribution in [0.25, 0.3) is 65.0 Å². The molecule has 1 saturated heterocycles. The van der Waals surface area contributed by atoms with Gasteiger partial charge in [0, 0.05) is 17.7 Å². The Kier molecular flexibility index (Phi) is 6.32. The molecule has 9 rings (SSSR count). The molecule has 3 nitrogen and oxygen atoms in total. The minimum atomic E-state index is -0.443. The number of benzene rings is 7. The summed E-state index contributed by atoms with van der Waals surface area (Å²) in [6, 6.07) is 38.3. The largest absolute Gasteiger partial charge is 0.485 e. The van der Waals surface area contributed by atoms with Crippen LogP contribution in [0.15, 0.2) is 103 Å². The summed E-state index contributed by atoms with van der Waals surface area (Å²) in [5.41, 5.74) is 4.07. The Hall–Kier alpha value is -4.38. The molecule has 0 aliphatic carbocycles. The van der Waals surface area contributed by atoms with Gasteiger partial charge in [0.25, 0.3) is 0 Å². The van der Waals surface area contributed by atoms with E-state index in [1.54, 1.807) is 0 Å². The van der Waals surface area contributed by atoms with E-state index in [2.05, 4.69) is 138 Å². The van der Waals surface area contributed by atoms with E-state index in [1.165, 1.54) is 70.5 Å². The molecule has 4 heteroatoms. The maximum Gasteiger partial charge on any atom is 0.329 e. The van der Waals surface area contributed by atoms with E-state index in [0.29, 0.717) is 6.61 Å². The van der Waals surface area contributed by atoms with Gasteiger partial charge in [-0.2, -0.15) is 0 Å². The molecule has 0 N–H and O–H groups in total. The fourth-order valence-corrected chi connectivity index (χ4v) is 8.15. The highest BCUT2D eigenvalue weighted by molar-refractivity contribution is 6.68. The van der Waals surface area contributed by atoms with E-state index in [0.717, 1.165) is 24.1 Å². The molecule has 0 aromatic heterocycles. The summed E-state index contributed by atoms with van der Waals surface area (Å²) in [5, 5.41) is 12.9. The predicted octanol–water partition coefficient (Wildman–Crippen LogP) is 10.8. The van der Waals surface area contributed by atoms with Gasteiger partial charge in [0.1, 0.15) is 11.9 Å². The van der Waals surface area contributed by atoms with Crippen LogP contribution in [0.5, 0.6) is 5.75 Å². The van der Waals surface area contributed by atoms with Crippen molar-refractivity contribution in [2.45, 2.75) is 64.7 Å². The molecule has 1 fully saturated rings. The lowest BCUT2D eigenvalue weighted by molar-refractivity contribution is -0.120. The van der Waals surface area contributed by atoms with Gasteiger partial charge >= 0.3 is 6.92 Å². The number of para-hydroxylation sites is 1. The Morgan fingerprint density at radius 2 is 1.23 bits per heavy atom. The van der Waals surface area contributed by atoms with Crippen molar-refractivity contribution in [3.8, 4) is 16.9 Å². The summed E-state index contributed by atoms with van der Waals surface area (Å²) < 4.78 is 19.9. The van der Waals surface area contributed by atoms with E-state index in [4.69, 9.17) is 14.1 Å². The van der Waals surface area contributed by atoms with Crippen LogP contribution in [0.2, 0.25) is 6.32 Å². The van der Waals surface area contributed by atoms with Crippen molar-refractivity contribution < 1.29 is 14.1 Å². The van der Waals surface area contributed by atoms with E-state index in [9.17, 15) is 0 Å². The van der Waals surface area contributed by atoms with Crippen molar-refractivity contribution in [1.29, 1.82) is 0 Å². The topological polar surface area (TPSA) is 27.7 Å². The maximum atomic E-state index is 6.90. The van der Waals surface area contributed by atoms with Crippen molar-refractivity contribution in [2.24, 2.45) is 0 Å². The van der Waals surface area contributed by atoms with Crippen molar-refractivity contribution >= 4 is 66.2 Å². The van der Waals surface area contributed by atoms with Gasteiger partial charge in [0.15, 0.2) is 0 Å². The molecule has 232 valence electrons. The summed E-state index contributed by atoms with van der Waals surface area (Å²) in [7, 11) is 0. The number of ether oxygens (including phenoxy) is 2. The van der Waals surface area contributed by atoms with Gasteiger partial charge in [-0.1, -0.05) is 91.9 Å². The van der Waals surface area contributed by atoms with Gasteiger partial charge in [-0.05, 0) is 124 Å². The normalized spacial score (nSPS) is 18.7. The summed E-state index contributed by atoms with van der Waals surface area (Å²) in [6.45, 7) is 11.4. The van der Waals surface area contributed by atoms with Gasteiger partial charge in [0.05, 0.1) is 11.2 Å². The SMILES string of the molecule is CCC1Oc2ccccc2-c2cc3c4cc(B5CCOC(C)(C)C(C)(C)O5)ccc4c4c5ccccc5c5ccccc5c4c3cc21. The monoisotopic (exact) mass is 614 g/mol. The van der Waals surface area contributed by atoms with Gasteiger partial charge < -0.3 is 14.1 Å². The third kappa shape index (κ3) is 4.21. The molecule has 7 aromatic carbocycles. The molecule has 0 saturated carbocycles. The Balaban J connectivity index is 1.44. The van der Waals surface area contributed by atoms with Crippen molar-refractivity contribution in [1.82, 2.24) is 0 Å². The Morgan fingerprint density at radius 1 is 0.617 bits per heavy atom. The van der Waals surface area contributed by atoms with Crippen LogP contribution in [0.1, 0.15) is 52.7 Å². The fourth-order valence-electron chi connectivity index (χ4n) is 8.15. The summed E-state index contributed by atoms with van der Waals surface area (Å²) in [4.78, 5) is 0. The number of hydrogen-bond acceptors (Lipinski definition) is 3. The molecule has 1 unspecified atom stereocenters. The molecule has 2 aliphatic heterocycles. The van der Waals surface area contributed by atoms with Crippen molar-refractivity contribution in [3.63, 3.8) is 0 Å². The highest BCUT2D eigenvalue weighted by Gasteiger charge is 2.44. The molecule has 2 aliphatic rings. The lowest BCUT2D eigenvalue weighted by Crippen LogP contribution is -2.51. The lowest BCUT2D eigenvalue weighted by Gasteiger charge is -2.40. The number of rotatable bonds is 2. The average Bonchev–Trinajstić information content (AvgIpc) is 3.20. The molecule has 47 heavy (non-hydrogen) atoms. The minimum absolute atomic E-state index is 0.00178. The summed E-state index contributed by atoms with van der Waals surface area (Å²) >= 11 is 0. The van der Waals surface area contributed by atoms with Crippen molar-refractivity contribution in [2.75, 3.05) is 6.61 Å². The zero-order valence-electron chi connectivity index (χ0n) is 27.8. The van der Waals surface area contributed by atoms with Crippen LogP contribution < -0.4 is 10.2 Å². The third-order valence-corrected chi connectivity index (χ3v) is 11.3. The molecular weight excluding hydrogens is 575 g/mol. The Bertz CT molecular complexity index is 2410. The number of hydrogen-bond donors (Lipinski definition) is 0. The van der Waals surface area contributed by atoms with Crippen LogP contribution in [0, 0.1) is 0 Å². The zero-order valence-corrected chi connectivity index (χ0v) is 27.8. The summed E-state index contributed by atoms with van der Waals surface area (Å²) in [5.74, 6) is 0.963. The molecule has 0 bridgehead atoms. The minimum Gasteiger partial charge on any atom is -0.485 e. The standard InChI is InChI=1S/C43H39BO3/c1-6-38-36-25-37-35(24-34(36)29-15-11-12-18-39(29)46-38)33-23-26(44-21-22-45-42(2,3)43(4,5)47-44)19-20-32(33)40-30-16-9-7-13-27(30)28-14-8-10-17-31(28)41(37)40/h7-20,23-25,38H,6,21-22H2,1-5H3. The first-order chi connectivity index (χ1) is 22.8. The summed E-state index contributed by atoms with van der Waals surface area (Å²) in [6.07, 6.45) is 1.72. The second-order valence-electron chi connectivity index (χ2n) is 14.4. The van der Waals surface area contributed by atoms with Gasteiger partial charge in [-0.15, -0.1) is 0 Å². The molecule has 0 amide bonds. The molecule has 0 spiro atoms. The first-order valence-electron chi connectivity index (χ1n) is 17.1. The Labute approximate surface area is 276 Å². The van der Waals surface area contributed by atoms with Crippen LogP contribution in [-0.2, 0) is 9.39 Å². The first kappa shape index (κ1) is 28.8. The highest BCUT2D eigenvalue weighted by Crippen LogP contribution is 2.49. The van der Waals surface area contributed by atoms with E-state index in [-0.39, 0.29) is 18.6 Å². The number of fused-ring (bicyclic) bond motifs is 14. The molecule has 1 atom stereocenters. The van der Waals surface area contributed by atoms with Gasteiger partial charge in [-0.3, -0.25) is 0 Å². The van der Waals surface area contributed by atoms with Gasteiger partial charge in [-0.25, -0.2) is 0 Å². The smallest absolute Gasteiger partial charge is 0.329 e. The lowest BCUT2D eigenvalue weighted by atomic mass is 9.57. The van der Waals surface area contributed by atoms with Crippen LogP contribution in [0.3, 0.4) is 0 Å². The highest BCUT2D eigenvalue weighted by atomic mass is 16.5. The van der Waals surface area contributed by atoms with Crippen molar-refractivity contribution in [3.05, 3.63) is 109 Å². The van der Waals surface area contributed by atoms with Crippen LogP contribution >= 0.6 is 0 Å². The quantitative estimate of drug-likeness (QED) is 0.143. The van der Waals surface area contributed by atoms with E-state index >= 15 is 0 Å². The first-order valence-corrected chi connectivity index (χ1v) is 17.1. The predicted molar refractivity (Wildman–Crippen MR) is 198 cm³/mol. The van der Waals surface area contributed by atoms with E-state index in [1.807, 2.05) is 0 Å². The van der Waals surface area contributed by atoms with Gasteiger partial charge in [0.2, 0.25) is 0 Å².